The number of methoxy groups -OCH3 is 1. The summed E-state index contributed by atoms with van der Waals surface area (Å²) in [6, 6.07) is 12.5. The summed E-state index contributed by atoms with van der Waals surface area (Å²) in [5.74, 6) is 1.78. The Kier molecular flexibility index (Phi) is 5.56. The van der Waals surface area contributed by atoms with Gasteiger partial charge in [-0.05, 0) is 55.6 Å². The highest BCUT2D eigenvalue weighted by molar-refractivity contribution is 7.38. The van der Waals surface area contributed by atoms with Crippen molar-refractivity contribution < 1.29 is 4.74 Å². The van der Waals surface area contributed by atoms with E-state index in [0.29, 0.717) is 10.8 Å². The zero-order valence-electron chi connectivity index (χ0n) is 17.6. The molecule has 1 aromatic carbocycles. The first-order valence-corrected chi connectivity index (χ1v) is 12.2. The SMILES string of the molecule is COc1cnc(C)c(-c2cc3cc(-c4ccc(N5CCPCC5)nc4)[nH]c3cc2Cl)c1. The van der Waals surface area contributed by atoms with Gasteiger partial charge in [-0.25, -0.2) is 4.98 Å². The number of aromatic nitrogens is 3. The molecular weight excluding hydrogens is 427 g/mol. The van der Waals surface area contributed by atoms with Crippen LogP contribution in [-0.2, 0) is 0 Å². The van der Waals surface area contributed by atoms with Crippen LogP contribution in [0.15, 0.2) is 48.8 Å². The number of nitrogens with zero attached hydrogens (tertiary/aromatic N) is 3. The van der Waals surface area contributed by atoms with Gasteiger partial charge in [-0.2, -0.15) is 0 Å². The van der Waals surface area contributed by atoms with Crippen molar-refractivity contribution in [2.45, 2.75) is 6.92 Å². The zero-order valence-corrected chi connectivity index (χ0v) is 19.3. The van der Waals surface area contributed by atoms with E-state index in [0.717, 1.165) is 66.5 Å². The molecule has 1 N–H and O–H groups in total. The molecule has 1 fully saturated rings. The average molecular weight is 451 g/mol. The van der Waals surface area contributed by atoms with Crippen molar-refractivity contribution in [1.82, 2.24) is 15.0 Å². The van der Waals surface area contributed by atoms with Crippen LogP contribution >= 0.6 is 20.2 Å². The molecule has 0 radical (unpaired) electrons. The summed E-state index contributed by atoms with van der Waals surface area (Å²) in [5.41, 5.74) is 5.93. The molecule has 0 spiro atoms. The van der Waals surface area contributed by atoms with Gasteiger partial charge in [0.05, 0.1) is 18.3 Å². The number of hydrogen-bond donors (Lipinski definition) is 1. The normalized spacial score (nSPS) is 14.2. The third-order valence-electron chi connectivity index (χ3n) is 5.80. The van der Waals surface area contributed by atoms with Crippen LogP contribution in [0.3, 0.4) is 0 Å². The summed E-state index contributed by atoms with van der Waals surface area (Å²) in [7, 11) is 2.73. The fraction of sp³-hybridized carbons (Fsp3) is 0.250. The van der Waals surface area contributed by atoms with E-state index in [9.17, 15) is 0 Å². The highest BCUT2D eigenvalue weighted by Gasteiger charge is 2.14. The quantitative estimate of drug-likeness (QED) is 0.401. The second kappa shape index (κ2) is 8.49. The molecule has 0 bridgehead atoms. The predicted molar refractivity (Wildman–Crippen MR) is 131 cm³/mol. The van der Waals surface area contributed by atoms with Gasteiger partial charge in [0.2, 0.25) is 0 Å². The average Bonchev–Trinajstić information content (AvgIpc) is 3.22. The van der Waals surface area contributed by atoms with Gasteiger partial charge in [0.25, 0.3) is 0 Å². The number of rotatable bonds is 4. The van der Waals surface area contributed by atoms with Crippen LogP contribution in [0.4, 0.5) is 5.82 Å². The van der Waals surface area contributed by atoms with Gasteiger partial charge < -0.3 is 14.6 Å². The molecule has 1 aliphatic heterocycles. The zero-order chi connectivity index (χ0) is 21.4. The molecule has 3 aromatic heterocycles. The summed E-state index contributed by atoms with van der Waals surface area (Å²) in [6.45, 7) is 4.20. The van der Waals surface area contributed by atoms with Crippen LogP contribution in [-0.4, -0.2) is 47.5 Å². The standard InChI is InChI=1S/C24H24ClN4OP/c1-15-19(11-18(30-2)14-26-15)20-9-17-10-22(28-23(17)12-21(20)25)16-3-4-24(27-13-16)29-5-7-31-8-6-29/h3-4,9-14,28,31H,5-8H2,1-2H3. The minimum absolute atomic E-state index is 0.679. The third kappa shape index (κ3) is 4.00. The lowest BCUT2D eigenvalue weighted by molar-refractivity contribution is 0.413. The van der Waals surface area contributed by atoms with Crippen molar-refractivity contribution in [3.05, 3.63) is 59.5 Å². The largest absolute Gasteiger partial charge is 0.495 e. The summed E-state index contributed by atoms with van der Waals surface area (Å²) >= 11 is 6.66. The molecule has 158 valence electrons. The molecule has 4 aromatic rings. The van der Waals surface area contributed by atoms with Crippen LogP contribution in [0.25, 0.3) is 33.3 Å². The molecule has 0 aliphatic carbocycles. The number of aryl methyl sites for hydroxylation is 1. The number of H-pyrrole nitrogens is 1. The van der Waals surface area contributed by atoms with Crippen LogP contribution in [0.1, 0.15) is 5.69 Å². The van der Waals surface area contributed by atoms with E-state index in [-0.39, 0.29) is 0 Å². The lowest BCUT2D eigenvalue weighted by Gasteiger charge is -2.27. The number of aromatic amines is 1. The first-order chi connectivity index (χ1) is 15.1. The van der Waals surface area contributed by atoms with Gasteiger partial charge in [-0.1, -0.05) is 11.6 Å². The van der Waals surface area contributed by atoms with Gasteiger partial charge >= 0.3 is 0 Å². The van der Waals surface area contributed by atoms with E-state index < -0.39 is 0 Å². The fourth-order valence-electron chi connectivity index (χ4n) is 4.04. The minimum atomic E-state index is 0.679. The predicted octanol–water partition coefficient (Wildman–Crippen LogP) is 5.76. The van der Waals surface area contributed by atoms with Gasteiger partial charge in [0.15, 0.2) is 0 Å². The summed E-state index contributed by atoms with van der Waals surface area (Å²) in [5, 5.41) is 1.77. The third-order valence-corrected chi connectivity index (χ3v) is 7.26. The van der Waals surface area contributed by atoms with Crippen LogP contribution < -0.4 is 9.64 Å². The Hall–Kier alpha value is -2.62. The smallest absolute Gasteiger partial charge is 0.137 e. The number of ether oxygens (including phenoxy) is 1. The van der Waals surface area contributed by atoms with E-state index in [2.05, 4.69) is 39.1 Å². The minimum Gasteiger partial charge on any atom is -0.495 e. The molecule has 1 saturated heterocycles. The molecule has 4 heterocycles. The maximum atomic E-state index is 6.66. The number of nitrogens with one attached hydrogen (secondary N) is 1. The van der Waals surface area contributed by atoms with Crippen molar-refractivity contribution in [3.8, 4) is 28.1 Å². The van der Waals surface area contributed by atoms with Crippen molar-refractivity contribution >= 4 is 36.9 Å². The number of pyridine rings is 2. The summed E-state index contributed by atoms with van der Waals surface area (Å²) < 4.78 is 5.35. The Labute approximate surface area is 188 Å². The lowest BCUT2D eigenvalue weighted by atomic mass is 10.0. The van der Waals surface area contributed by atoms with Crippen molar-refractivity contribution in [2.75, 3.05) is 37.4 Å². The number of halogens is 1. The molecule has 7 heteroatoms. The molecule has 1 aliphatic rings. The van der Waals surface area contributed by atoms with Gasteiger partial charge in [0.1, 0.15) is 11.6 Å². The van der Waals surface area contributed by atoms with Gasteiger partial charge in [-0.15, -0.1) is 8.58 Å². The second-order valence-electron chi connectivity index (χ2n) is 7.75. The first-order valence-electron chi connectivity index (χ1n) is 10.4. The van der Waals surface area contributed by atoms with E-state index >= 15 is 0 Å². The fourth-order valence-corrected chi connectivity index (χ4v) is 5.41. The van der Waals surface area contributed by atoms with Crippen LogP contribution in [0.2, 0.25) is 5.02 Å². The van der Waals surface area contributed by atoms with E-state index in [4.69, 9.17) is 21.3 Å². The number of anilines is 1. The molecule has 5 nitrogen and oxygen atoms in total. The van der Waals surface area contributed by atoms with Crippen LogP contribution in [0.5, 0.6) is 5.75 Å². The summed E-state index contributed by atoms with van der Waals surface area (Å²) in [6.07, 6.45) is 6.23. The number of benzene rings is 1. The van der Waals surface area contributed by atoms with E-state index in [1.165, 1.54) is 12.3 Å². The van der Waals surface area contributed by atoms with E-state index in [1.807, 2.05) is 25.3 Å². The molecule has 5 rings (SSSR count). The number of fused-ring (bicyclic) bond motifs is 1. The topological polar surface area (TPSA) is 54.0 Å². The Morgan fingerprint density at radius 3 is 2.61 bits per heavy atom. The second-order valence-corrected chi connectivity index (χ2v) is 9.66. The summed E-state index contributed by atoms with van der Waals surface area (Å²) in [4.78, 5) is 15.0. The Balaban J connectivity index is 1.49. The van der Waals surface area contributed by atoms with Crippen molar-refractivity contribution in [2.24, 2.45) is 0 Å². The highest BCUT2D eigenvalue weighted by Crippen LogP contribution is 2.36. The molecular formula is C24H24ClN4OP. The number of hydrogen-bond acceptors (Lipinski definition) is 4. The molecule has 0 amide bonds. The van der Waals surface area contributed by atoms with E-state index in [1.54, 1.807) is 13.3 Å². The lowest BCUT2D eigenvalue weighted by Crippen LogP contribution is -2.32. The van der Waals surface area contributed by atoms with Crippen molar-refractivity contribution in [1.29, 1.82) is 0 Å². The van der Waals surface area contributed by atoms with Gasteiger partial charge in [0, 0.05) is 58.3 Å². The highest BCUT2D eigenvalue weighted by atomic mass is 35.5. The molecule has 0 unspecified atom stereocenters. The first kappa shape index (κ1) is 20.3. The maximum Gasteiger partial charge on any atom is 0.137 e. The van der Waals surface area contributed by atoms with Crippen LogP contribution in [0, 0.1) is 6.92 Å². The molecule has 0 saturated carbocycles. The Morgan fingerprint density at radius 1 is 1.03 bits per heavy atom. The maximum absolute atomic E-state index is 6.66. The Bertz CT molecular complexity index is 1230. The van der Waals surface area contributed by atoms with Crippen molar-refractivity contribution in [3.63, 3.8) is 0 Å². The monoisotopic (exact) mass is 450 g/mol. The molecule has 31 heavy (non-hydrogen) atoms. The van der Waals surface area contributed by atoms with Gasteiger partial charge in [-0.3, -0.25) is 4.98 Å². The Morgan fingerprint density at radius 2 is 1.87 bits per heavy atom. The molecule has 0 atom stereocenters.